The molecule has 1 fully saturated rings. The first kappa shape index (κ1) is 16.8. The number of nitrogens with one attached hydrogen (secondary N) is 2. The van der Waals surface area contributed by atoms with Crippen LogP contribution in [0.4, 0.5) is 15.2 Å². The van der Waals surface area contributed by atoms with Gasteiger partial charge in [0.05, 0.1) is 31.9 Å². The van der Waals surface area contributed by atoms with Crippen molar-refractivity contribution in [2.45, 2.75) is 13.3 Å². The van der Waals surface area contributed by atoms with Crippen LogP contribution in [0.25, 0.3) is 0 Å². The summed E-state index contributed by atoms with van der Waals surface area (Å²) in [5, 5.41) is 12.2. The van der Waals surface area contributed by atoms with Crippen LogP contribution in [-0.2, 0) is 11.2 Å². The van der Waals surface area contributed by atoms with Gasteiger partial charge in [-0.05, 0) is 18.6 Å². The molecule has 8 heteroatoms. The van der Waals surface area contributed by atoms with Crippen molar-refractivity contribution in [3.05, 3.63) is 35.1 Å². The van der Waals surface area contributed by atoms with Crippen molar-refractivity contribution in [3.63, 3.8) is 0 Å². The van der Waals surface area contributed by atoms with Crippen LogP contribution in [0.1, 0.15) is 11.9 Å². The lowest BCUT2D eigenvalue weighted by atomic mass is 10.2. The predicted molar refractivity (Wildman–Crippen MR) is 92.1 cm³/mol. The lowest BCUT2D eigenvalue weighted by Crippen LogP contribution is -3.15. The third-order valence-electron chi connectivity index (χ3n) is 4.09. The topological polar surface area (TPSA) is 62.6 Å². The predicted octanol–water partition coefficient (Wildman–Crippen LogP) is 0.583. The zero-order valence-corrected chi connectivity index (χ0v) is 14.4. The molecule has 1 aromatic heterocycles. The maximum Gasteiger partial charge on any atom is 0.281 e. The molecule has 1 amide bonds. The lowest BCUT2D eigenvalue weighted by molar-refractivity contribution is -0.892. The molecule has 128 valence electrons. The molecule has 24 heavy (non-hydrogen) atoms. The number of carbonyl (C=O) groups excluding carboxylic acids is 1. The van der Waals surface area contributed by atoms with Gasteiger partial charge in [0.15, 0.2) is 6.54 Å². The largest absolute Gasteiger partial charge is 0.358 e. The van der Waals surface area contributed by atoms with Crippen molar-refractivity contribution in [3.8, 4) is 0 Å². The molecule has 0 radical (unpaired) electrons. The molecule has 0 atom stereocenters. The number of para-hydroxylation sites is 1. The molecule has 0 saturated carbocycles. The number of carbonyl (C=O) groups is 1. The summed E-state index contributed by atoms with van der Waals surface area (Å²) >= 11 is 1.41. The number of halogens is 1. The van der Waals surface area contributed by atoms with Crippen molar-refractivity contribution in [1.82, 2.24) is 10.2 Å². The lowest BCUT2D eigenvalue weighted by Gasteiger charge is -2.33. The molecule has 1 aliphatic heterocycles. The maximum atomic E-state index is 13.8. The molecule has 0 unspecified atom stereocenters. The minimum absolute atomic E-state index is 0.0526. The standard InChI is InChI=1S/C16H20FN5OS/c1-2-15-19-20-16(24-15)18-14(23)11-21-7-9-22(10-8-21)13-6-4-3-5-12(13)17/h3-6H,2,7-11H2,1H3,(H,18,20,23)/p+1. The van der Waals surface area contributed by atoms with Gasteiger partial charge in [0.1, 0.15) is 10.8 Å². The Balaban J connectivity index is 1.48. The molecule has 0 aliphatic carbocycles. The van der Waals surface area contributed by atoms with Crippen LogP contribution >= 0.6 is 11.3 Å². The molecule has 2 aromatic rings. The third kappa shape index (κ3) is 4.07. The average molecular weight is 350 g/mol. The normalized spacial score (nSPS) is 15.5. The third-order valence-corrected chi connectivity index (χ3v) is 5.07. The van der Waals surface area contributed by atoms with Crippen molar-refractivity contribution >= 4 is 28.1 Å². The first-order chi connectivity index (χ1) is 11.7. The first-order valence-electron chi connectivity index (χ1n) is 8.11. The van der Waals surface area contributed by atoms with Crippen LogP contribution in [0.3, 0.4) is 0 Å². The number of nitrogens with zero attached hydrogens (tertiary/aromatic N) is 3. The number of rotatable bonds is 5. The summed E-state index contributed by atoms with van der Waals surface area (Å²) in [5.74, 6) is -0.246. The number of piperazine rings is 1. The van der Waals surface area contributed by atoms with E-state index in [1.807, 2.05) is 17.9 Å². The van der Waals surface area contributed by atoms with Crippen LogP contribution in [0.15, 0.2) is 24.3 Å². The van der Waals surface area contributed by atoms with Gasteiger partial charge < -0.3 is 9.80 Å². The molecule has 6 nitrogen and oxygen atoms in total. The Morgan fingerprint density at radius 1 is 1.33 bits per heavy atom. The van der Waals surface area contributed by atoms with E-state index in [2.05, 4.69) is 15.5 Å². The molecule has 2 N–H and O–H groups in total. The summed E-state index contributed by atoms with van der Waals surface area (Å²) in [6.45, 7) is 5.48. The smallest absolute Gasteiger partial charge is 0.281 e. The van der Waals surface area contributed by atoms with E-state index >= 15 is 0 Å². The van der Waals surface area contributed by atoms with E-state index in [0.29, 0.717) is 17.4 Å². The van der Waals surface area contributed by atoms with E-state index in [9.17, 15) is 9.18 Å². The Labute approximate surface area is 144 Å². The Hall–Kier alpha value is -2.06. The van der Waals surface area contributed by atoms with Crippen LogP contribution in [0, 0.1) is 5.82 Å². The zero-order valence-electron chi connectivity index (χ0n) is 13.6. The molecular weight excluding hydrogens is 329 g/mol. The van der Waals surface area contributed by atoms with Crippen molar-refractivity contribution in [1.29, 1.82) is 0 Å². The fourth-order valence-electron chi connectivity index (χ4n) is 2.79. The van der Waals surface area contributed by atoms with Gasteiger partial charge in [0.2, 0.25) is 5.13 Å². The number of benzene rings is 1. The summed E-state index contributed by atoms with van der Waals surface area (Å²) in [4.78, 5) is 15.3. The van der Waals surface area contributed by atoms with Gasteiger partial charge in [-0.25, -0.2) is 4.39 Å². The molecule has 0 spiro atoms. The minimum Gasteiger partial charge on any atom is -0.358 e. The SMILES string of the molecule is CCc1nnc(NC(=O)C[NH+]2CCN(c3ccccc3F)CC2)s1. The fraction of sp³-hybridized carbons (Fsp3) is 0.438. The van der Waals surface area contributed by atoms with Crippen LogP contribution in [0.5, 0.6) is 0 Å². The summed E-state index contributed by atoms with van der Waals surface area (Å²) in [6, 6.07) is 6.82. The highest BCUT2D eigenvalue weighted by Gasteiger charge is 2.24. The summed E-state index contributed by atoms with van der Waals surface area (Å²) in [6.07, 6.45) is 0.816. The Morgan fingerprint density at radius 3 is 2.75 bits per heavy atom. The first-order valence-corrected chi connectivity index (χ1v) is 8.92. The zero-order chi connectivity index (χ0) is 16.9. The van der Waals surface area contributed by atoms with Crippen LogP contribution < -0.4 is 15.1 Å². The molecule has 3 rings (SSSR count). The number of hydrogen-bond donors (Lipinski definition) is 2. The van der Waals surface area contributed by atoms with E-state index < -0.39 is 0 Å². The van der Waals surface area contributed by atoms with E-state index in [0.717, 1.165) is 37.6 Å². The quantitative estimate of drug-likeness (QED) is 0.828. The molecule has 1 saturated heterocycles. The Kier molecular flexibility index (Phi) is 5.37. The molecule has 2 heterocycles. The summed E-state index contributed by atoms with van der Waals surface area (Å²) in [5.41, 5.74) is 0.641. The van der Waals surface area contributed by atoms with Crippen molar-refractivity contribution in [2.75, 3.05) is 42.9 Å². The van der Waals surface area contributed by atoms with Gasteiger partial charge in [-0.2, -0.15) is 0 Å². The van der Waals surface area contributed by atoms with Crippen LogP contribution in [0.2, 0.25) is 0 Å². The highest BCUT2D eigenvalue weighted by Crippen LogP contribution is 2.18. The average Bonchev–Trinajstić information content (AvgIpc) is 3.03. The number of aryl methyl sites for hydroxylation is 1. The second-order valence-electron chi connectivity index (χ2n) is 5.77. The van der Waals surface area contributed by atoms with Crippen molar-refractivity contribution in [2.24, 2.45) is 0 Å². The molecular formula is C16H21FN5OS+. The maximum absolute atomic E-state index is 13.8. The number of hydrogen-bond acceptors (Lipinski definition) is 5. The number of quaternary nitrogens is 1. The van der Waals surface area contributed by atoms with Gasteiger partial charge in [-0.1, -0.05) is 30.4 Å². The van der Waals surface area contributed by atoms with E-state index in [4.69, 9.17) is 0 Å². The van der Waals surface area contributed by atoms with Gasteiger partial charge in [-0.3, -0.25) is 10.1 Å². The fourth-order valence-corrected chi connectivity index (χ4v) is 3.48. The van der Waals surface area contributed by atoms with Gasteiger partial charge in [0.25, 0.3) is 5.91 Å². The summed E-state index contributed by atoms with van der Waals surface area (Å²) < 4.78 is 13.8. The molecule has 1 aromatic carbocycles. The van der Waals surface area contributed by atoms with Crippen molar-refractivity contribution < 1.29 is 14.1 Å². The highest BCUT2D eigenvalue weighted by atomic mass is 32.1. The Morgan fingerprint density at radius 2 is 2.08 bits per heavy atom. The van der Waals surface area contributed by atoms with Gasteiger partial charge in [0, 0.05) is 0 Å². The monoisotopic (exact) mass is 350 g/mol. The molecule has 0 bridgehead atoms. The van der Waals surface area contributed by atoms with Crippen LogP contribution in [-0.4, -0.2) is 48.8 Å². The van der Waals surface area contributed by atoms with E-state index in [1.54, 1.807) is 12.1 Å². The Bertz CT molecular complexity index is 699. The number of aromatic nitrogens is 2. The second-order valence-corrected chi connectivity index (χ2v) is 6.83. The van der Waals surface area contributed by atoms with E-state index in [1.165, 1.54) is 22.3 Å². The molecule has 1 aliphatic rings. The second kappa shape index (κ2) is 7.67. The summed E-state index contributed by atoms with van der Waals surface area (Å²) in [7, 11) is 0. The van der Waals surface area contributed by atoms with E-state index in [-0.39, 0.29) is 11.7 Å². The van der Waals surface area contributed by atoms with Gasteiger partial charge in [-0.15, -0.1) is 10.2 Å². The van der Waals surface area contributed by atoms with Gasteiger partial charge >= 0.3 is 0 Å². The number of amides is 1. The highest BCUT2D eigenvalue weighted by molar-refractivity contribution is 7.15. The minimum atomic E-state index is -0.193. The number of anilines is 2.